The van der Waals surface area contributed by atoms with E-state index in [1.165, 1.54) is 17.1 Å². The number of hydrogen-bond donors (Lipinski definition) is 1. The van der Waals surface area contributed by atoms with E-state index in [0.29, 0.717) is 12.6 Å². The molecule has 1 aliphatic rings. The van der Waals surface area contributed by atoms with Crippen molar-refractivity contribution in [1.29, 1.82) is 0 Å². The Morgan fingerprint density at radius 2 is 2.37 bits per heavy atom. The van der Waals surface area contributed by atoms with E-state index >= 15 is 0 Å². The van der Waals surface area contributed by atoms with E-state index in [9.17, 15) is 0 Å². The second-order valence-corrected chi connectivity index (χ2v) is 6.81. The maximum Gasteiger partial charge on any atom is 0.133 e. The first kappa shape index (κ1) is 15.2. The third-order valence-electron chi connectivity index (χ3n) is 3.60. The number of methoxy groups -OCH3 is 1. The first-order valence-corrected chi connectivity index (χ1v) is 8.49. The van der Waals surface area contributed by atoms with Gasteiger partial charge in [-0.15, -0.1) is 0 Å². The molecule has 2 rings (SSSR count). The fourth-order valence-electron chi connectivity index (χ4n) is 2.56. The van der Waals surface area contributed by atoms with Crippen LogP contribution in [0.25, 0.3) is 0 Å². The Kier molecular flexibility index (Phi) is 5.57. The van der Waals surface area contributed by atoms with Crippen LogP contribution in [0.3, 0.4) is 0 Å². The molecule has 3 nitrogen and oxygen atoms in total. The summed E-state index contributed by atoms with van der Waals surface area (Å²) in [5.74, 6) is 3.24. The van der Waals surface area contributed by atoms with Crippen LogP contribution in [0.15, 0.2) is 22.7 Å². The molecule has 1 fully saturated rings. The summed E-state index contributed by atoms with van der Waals surface area (Å²) in [5.41, 5.74) is 7.28. The van der Waals surface area contributed by atoms with Crippen LogP contribution in [0.5, 0.6) is 5.75 Å². The van der Waals surface area contributed by atoms with E-state index in [2.05, 4.69) is 39.9 Å². The van der Waals surface area contributed by atoms with E-state index in [-0.39, 0.29) is 6.04 Å². The van der Waals surface area contributed by atoms with E-state index < -0.39 is 0 Å². The van der Waals surface area contributed by atoms with Gasteiger partial charge in [0.15, 0.2) is 0 Å². The van der Waals surface area contributed by atoms with Crippen molar-refractivity contribution in [3.63, 3.8) is 0 Å². The smallest absolute Gasteiger partial charge is 0.133 e. The highest BCUT2D eigenvalue weighted by Gasteiger charge is 2.26. The molecule has 0 amide bonds. The summed E-state index contributed by atoms with van der Waals surface area (Å²) in [6.07, 6.45) is 0. The highest BCUT2D eigenvalue weighted by atomic mass is 79.9. The van der Waals surface area contributed by atoms with Crippen molar-refractivity contribution in [3.05, 3.63) is 28.2 Å². The van der Waals surface area contributed by atoms with Crippen LogP contribution in [0.2, 0.25) is 0 Å². The lowest BCUT2D eigenvalue weighted by Gasteiger charge is -2.39. The van der Waals surface area contributed by atoms with Gasteiger partial charge in [0.1, 0.15) is 5.75 Å². The highest BCUT2D eigenvalue weighted by molar-refractivity contribution is 9.10. The normalized spacial score (nSPS) is 22.2. The standard InChI is InChI=1S/C14H21BrN2OS/c1-10-9-19-6-5-17(10)13(8-16)11-3-4-14(18-2)12(15)7-11/h3-4,7,10,13H,5-6,8-9,16H2,1-2H3. The average molecular weight is 345 g/mol. The molecule has 1 aromatic rings. The zero-order valence-corrected chi connectivity index (χ0v) is 13.8. The molecule has 106 valence electrons. The summed E-state index contributed by atoms with van der Waals surface area (Å²) in [5, 5.41) is 0. The molecule has 1 heterocycles. The molecule has 1 saturated heterocycles. The third kappa shape index (κ3) is 3.45. The van der Waals surface area contributed by atoms with Crippen LogP contribution in [0.1, 0.15) is 18.5 Å². The summed E-state index contributed by atoms with van der Waals surface area (Å²) in [4.78, 5) is 2.52. The SMILES string of the molecule is COc1ccc(C(CN)N2CCSCC2C)cc1Br. The Labute approximate surface area is 128 Å². The first-order chi connectivity index (χ1) is 9.17. The zero-order chi connectivity index (χ0) is 13.8. The van der Waals surface area contributed by atoms with Gasteiger partial charge in [-0.05, 0) is 40.5 Å². The number of rotatable bonds is 4. The van der Waals surface area contributed by atoms with Crippen LogP contribution in [-0.4, -0.2) is 42.6 Å². The van der Waals surface area contributed by atoms with Crippen molar-refractivity contribution in [1.82, 2.24) is 4.90 Å². The van der Waals surface area contributed by atoms with Gasteiger partial charge in [0.05, 0.1) is 11.6 Å². The minimum Gasteiger partial charge on any atom is -0.496 e. The van der Waals surface area contributed by atoms with Gasteiger partial charge in [-0.1, -0.05) is 6.07 Å². The molecule has 0 spiro atoms. The van der Waals surface area contributed by atoms with Crippen molar-refractivity contribution in [3.8, 4) is 5.75 Å². The lowest BCUT2D eigenvalue weighted by Crippen LogP contribution is -2.45. The molecule has 0 aromatic heterocycles. The van der Waals surface area contributed by atoms with Crippen molar-refractivity contribution in [2.75, 3.05) is 31.7 Å². The highest BCUT2D eigenvalue weighted by Crippen LogP contribution is 2.32. The Morgan fingerprint density at radius 1 is 1.58 bits per heavy atom. The second-order valence-electron chi connectivity index (χ2n) is 4.81. The Hall–Kier alpha value is -0.230. The number of benzene rings is 1. The van der Waals surface area contributed by atoms with Crippen molar-refractivity contribution < 1.29 is 4.74 Å². The molecular weight excluding hydrogens is 324 g/mol. The summed E-state index contributed by atoms with van der Waals surface area (Å²) >= 11 is 5.58. The monoisotopic (exact) mass is 344 g/mol. The van der Waals surface area contributed by atoms with Crippen LogP contribution in [0.4, 0.5) is 0 Å². The Morgan fingerprint density at radius 3 is 2.95 bits per heavy atom. The molecule has 2 atom stereocenters. The molecule has 1 aromatic carbocycles. The fourth-order valence-corrected chi connectivity index (χ4v) is 4.15. The summed E-state index contributed by atoms with van der Waals surface area (Å²) in [6.45, 7) is 4.04. The predicted molar refractivity (Wildman–Crippen MR) is 86.0 cm³/mol. The minimum atomic E-state index is 0.290. The molecule has 5 heteroatoms. The van der Waals surface area contributed by atoms with E-state index in [1.54, 1.807) is 7.11 Å². The van der Waals surface area contributed by atoms with Crippen molar-refractivity contribution >= 4 is 27.7 Å². The Bertz CT molecular complexity index is 430. The van der Waals surface area contributed by atoms with Gasteiger partial charge in [0.2, 0.25) is 0 Å². The van der Waals surface area contributed by atoms with E-state index in [1.807, 2.05) is 17.8 Å². The van der Waals surface area contributed by atoms with Crippen LogP contribution >= 0.6 is 27.7 Å². The summed E-state index contributed by atoms with van der Waals surface area (Å²) in [6, 6.07) is 7.12. The molecule has 19 heavy (non-hydrogen) atoms. The average Bonchev–Trinajstić information content (AvgIpc) is 2.42. The first-order valence-electron chi connectivity index (χ1n) is 6.54. The van der Waals surface area contributed by atoms with Gasteiger partial charge < -0.3 is 10.5 Å². The van der Waals surface area contributed by atoms with Gasteiger partial charge in [0, 0.05) is 36.7 Å². The molecule has 2 unspecified atom stereocenters. The number of thioether (sulfide) groups is 1. The quantitative estimate of drug-likeness (QED) is 0.911. The molecular formula is C14H21BrN2OS. The maximum atomic E-state index is 6.02. The fraction of sp³-hybridized carbons (Fsp3) is 0.571. The van der Waals surface area contributed by atoms with E-state index in [4.69, 9.17) is 10.5 Å². The number of nitrogens with two attached hydrogens (primary N) is 1. The van der Waals surface area contributed by atoms with Crippen LogP contribution < -0.4 is 10.5 Å². The van der Waals surface area contributed by atoms with Crippen molar-refractivity contribution in [2.24, 2.45) is 5.73 Å². The van der Waals surface area contributed by atoms with Gasteiger partial charge >= 0.3 is 0 Å². The number of halogens is 1. The van der Waals surface area contributed by atoms with Crippen LogP contribution in [-0.2, 0) is 0 Å². The van der Waals surface area contributed by atoms with Gasteiger partial charge in [-0.3, -0.25) is 4.90 Å². The lowest BCUT2D eigenvalue weighted by atomic mass is 10.0. The molecule has 0 bridgehead atoms. The van der Waals surface area contributed by atoms with Gasteiger partial charge in [-0.25, -0.2) is 0 Å². The van der Waals surface area contributed by atoms with E-state index in [0.717, 1.165) is 16.8 Å². The minimum absolute atomic E-state index is 0.290. The maximum absolute atomic E-state index is 6.02. The van der Waals surface area contributed by atoms with Crippen LogP contribution in [0, 0.1) is 0 Å². The van der Waals surface area contributed by atoms with Gasteiger partial charge in [-0.2, -0.15) is 11.8 Å². The number of ether oxygens (including phenoxy) is 1. The summed E-state index contributed by atoms with van der Waals surface area (Å²) in [7, 11) is 1.68. The topological polar surface area (TPSA) is 38.5 Å². The Balaban J connectivity index is 2.23. The number of nitrogens with zero attached hydrogens (tertiary/aromatic N) is 1. The third-order valence-corrected chi connectivity index (χ3v) is 5.41. The summed E-state index contributed by atoms with van der Waals surface area (Å²) < 4.78 is 6.28. The van der Waals surface area contributed by atoms with Gasteiger partial charge in [0.25, 0.3) is 0 Å². The predicted octanol–water partition coefficient (Wildman–Crippen LogP) is 2.89. The van der Waals surface area contributed by atoms with Crippen molar-refractivity contribution in [2.45, 2.75) is 19.0 Å². The molecule has 0 saturated carbocycles. The zero-order valence-electron chi connectivity index (χ0n) is 11.4. The lowest BCUT2D eigenvalue weighted by molar-refractivity contribution is 0.166. The number of hydrogen-bond acceptors (Lipinski definition) is 4. The molecule has 0 aliphatic carbocycles. The molecule has 0 radical (unpaired) electrons. The molecule has 1 aliphatic heterocycles. The molecule has 2 N–H and O–H groups in total. The second kappa shape index (κ2) is 6.97. The largest absolute Gasteiger partial charge is 0.496 e.